The van der Waals surface area contributed by atoms with Crippen molar-refractivity contribution >= 4 is 22.8 Å². The highest BCUT2D eigenvalue weighted by Crippen LogP contribution is 2.28. The first kappa shape index (κ1) is 20.8. The van der Waals surface area contributed by atoms with E-state index in [1.807, 2.05) is 48.5 Å². The Labute approximate surface area is 181 Å². The van der Waals surface area contributed by atoms with Crippen LogP contribution in [0, 0.1) is 11.3 Å². The lowest BCUT2D eigenvalue weighted by molar-refractivity contribution is -0.141. The Balaban J connectivity index is 1.69. The van der Waals surface area contributed by atoms with E-state index in [0.717, 1.165) is 13.1 Å². The van der Waals surface area contributed by atoms with E-state index in [9.17, 15) is 10.1 Å². The minimum absolute atomic E-state index is 0.156. The Kier molecular flexibility index (Phi) is 6.39. The average molecular weight is 415 g/mol. The van der Waals surface area contributed by atoms with Gasteiger partial charge < -0.3 is 10.1 Å². The predicted molar refractivity (Wildman–Crippen MR) is 118 cm³/mol. The molecule has 0 unspecified atom stereocenters. The molecule has 0 saturated carbocycles. The zero-order valence-electron chi connectivity index (χ0n) is 17.5. The maximum atomic E-state index is 12.3. The number of nitrogens with zero attached hydrogens (tertiary/aromatic N) is 4. The second-order valence-corrected chi connectivity index (χ2v) is 7.58. The van der Waals surface area contributed by atoms with Crippen molar-refractivity contribution in [3.05, 3.63) is 65.9 Å². The normalized spacial score (nSPS) is 15.9. The number of nitriles is 1. The number of carbonyl (C=O) groups is 1. The van der Waals surface area contributed by atoms with Gasteiger partial charge in [-0.2, -0.15) is 5.26 Å². The molecule has 3 aromatic rings. The third-order valence-electron chi connectivity index (χ3n) is 5.67. The standard InChI is InChI=1S/C24H25N5O2/c1-31-24(30)18(15-25)22-23(28-20-12-6-5-11-19(20)27-22)26-16-21(29-13-7-8-14-29)17-9-3-2-4-10-17/h2-6,9-12,18,21H,7-8,13-14,16H2,1H3,(H,26,28)/t18-,21-/m1/s1. The Morgan fingerprint density at radius 1 is 1.10 bits per heavy atom. The fraction of sp³-hybridized carbons (Fsp3) is 0.333. The number of anilines is 1. The molecule has 1 aromatic heterocycles. The quantitative estimate of drug-likeness (QED) is 0.589. The number of aromatic nitrogens is 2. The van der Waals surface area contributed by atoms with Gasteiger partial charge in [0.2, 0.25) is 0 Å². The molecule has 0 aliphatic carbocycles. The van der Waals surface area contributed by atoms with Crippen molar-refractivity contribution in [1.29, 1.82) is 5.26 Å². The van der Waals surface area contributed by atoms with Crippen LogP contribution in [0.2, 0.25) is 0 Å². The van der Waals surface area contributed by atoms with E-state index >= 15 is 0 Å². The van der Waals surface area contributed by atoms with Gasteiger partial charge in [0, 0.05) is 6.54 Å². The van der Waals surface area contributed by atoms with Crippen LogP contribution in [0.15, 0.2) is 54.6 Å². The number of ether oxygens (including phenoxy) is 1. The smallest absolute Gasteiger partial charge is 0.329 e. The third-order valence-corrected chi connectivity index (χ3v) is 5.67. The molecule has 31 heavy (non-hydrogen) atoms. The van der Waals surface area contributed by atoms with Crippen molar-refractivity contribution in [2.75, 3.05) is 32.1 Å². The number of methoxy groups -OCH3 is 1. The summed E-state index contributed by atoms with van der Waals surface area (Å²) in [5.74, 6) is -1.35. The van der Waals surface area contributed by atoms with Crippen molar-refractivity contribution < 1.29 is 9.53 Å². The number of hydrogen-bond acceptors (Lipinski definition) is 7. The fourth-order valence-electron chi connectivity index (χ4n) is 4.07. The van der Waals surface area contributed by atoms with E-state index in [-0.39, 0.29) is 6.04 Å². The van der Waals surface area contributed by atoms with E-state index in [0.29, 0.717) is 29.1 Å². The number of carbonyl (C=O) groups excluding carboxylic acids is 1. The Hall–Kier alpha value is -3.50. The minimum atomic E-state index is -1.15. The lowest BCUT2D eigenvalue weighted by Crippen LogP contribution is -2.31. The van der Waals surface area contributed by atoms with Crippen LogP contribution < -0.4 is 5.32 Å². The molecule has 1 fully saturated rings. The number of esters is 1. The Morgan fingerprint density at radius 2 is 1.74 bits per heavy atom. The molecule has 4 rings (SSSR count). The number of rotatable bonds is 7. The van der Waals surface area contributed by atoms with Crippen LogP contribution in [0.5, 0.6) is 0 Å². The first-order valence-electron chi connectivity index (χ1n) is 10.5. The van der Waals surface area contributed by atoms with E-state index < -0.39 is 11.9 Å². The molecule has 1 saturated heterocycles. The summed E-state index contributed by atoms with van der Waals surface area (Å²) in [6.45, 7) is 2.67. The summed E-state index contributed by atoms with van der Waals surface area (Å²) in [6, 6.07) is 20.0. The van der Waals surface area contributed by atoms with E-state index in [4.69, 9.17) is 9.72 Å². The van der Waals surface area contributed by atoms with Gasteiger partial charge in [-0.1, -0.05) is 42.5 Å². The molecule has 2 atom stereocenters. The highest BCUT2D eigenvalue weighted by molar-refractivity contribution is 5.84. The van der Waals surface area contributed by atoms with E-state index in [2.05, 4.69) is 27.3 Å². The van der Waals surface area contributed by atoms with Gasteiger partial charge in [-0.3, -0.25) is 9.69 Å². The zero-order valence-corrected chi connectivity index (χ0v) is 17.5. The number of benzene rings is 2. The van der Waals surface area contributed by atoms with Gasteiger partial charge in [0.05, 0.1) is 30.3 Å². The second kappa shape index (κ2) is 9.54. The number of hydrogen-bond donors (Lipinski definition) is 1. The van der Waals surface area contributed by atoms with Gasteiger partial charge in [0.15, 0.2) is 11.7 Å². The predicted octanol–water partition coefficient (Wildman–Crippen LogP) is 3.66. The van der Waals surface area contributed by atoms with Crippen molar-refractivity contribution in [3.8, 4) is 6.07 Å². The van der Waals surface area contributed by atoms with Crippen LogP contribution in [0.25, 0.3) is 11.0 Å². The summed E-state index contributed by atoms with van der Waals surface area (Å²) in [6.07, 6.45) is 2.37. The van der Waals surface area contributed by atoms with Gasteiger partial charge in [-0.25, -0.2) is 9.97 Å². The summed E-state index contributed by atoms with van der Waals surface area (Å²) in [7, 11) is 1.27. The van der Waals surface area contributed by atoms with Gasteiger partial charge in [-0.15, -0.1) is 0 Å². The van der Waals surface area contributed by atoms with Gasteiger partial charge >= 0.3 is 5.97 Å². The summed E-state index contributed by atoms with van der Waals surface area (Å²) < 4.78 is 4.84. The molecule has 1 aliphatic rings. The Bertz CT molecular complexity index is 1090. The van der Waals surface area contributed by atoms with Crippen molar-refractivity contribution in [3.63, 3.8) is 0 Å². The zero-order chi connectivity index (χ0) is 21.6. The van der Waals surface area contributed by atoms with Crippen LogP contribution in [-0.4, -0.2) is 47.6 Å². The van der Waals surface area contributed by atoms with Crippen LogP contribution in [0.3, 0.4) is 0 Å². The Morgan fingerprint density at radius 3 is 2.39 bits per heavy atom. The fourth-order valence-corrected chi connectivity index (χ4v) is 4.07. The van der Waals surface area contributed by atoms with Crippen LogP contribution in [0.1, 0.15) is 36.1 Å². The highest BCUT2D eigenvalue weighted by atomic mass is 16.5. The number of nitrogens with one attached hydrogen (secondary N) is 1. The summed E-state index contributed by atoms with van der Waals surface area (Å²) in [4.78, 5) is 24.0. The molecule has 0 spiro atoms. The second-order valence-electron chi connectivity index (χ2n) is 7.58. The van der Waals surface area contributed by atoms with Gasteiger partial charge in [0.25, 0.3) is 0 Å². The molecular formula is C24H25N5O2. The lowest BCUT2D eigenvalue weighted by atomic mass is 10.0. The summed E-state index contributed by atoms with van der Waals surface area (Å²) in [5.41, 5.74) is 2.84. The first-order chi connectivity index (χ1) is 15.2. The van der Waals surface area contributed by atoms with E-state index in [1.165, 1.54) is 25.5 Å². The van der Waals surface area contributed by atoms with E-state index in [1.54, 1.807) is 0 Å². The maximum Gasteiger partial charge on any atom is 0.329 e. The monoisotopic (exact) mass is 415 g/mol. The molecule has 1 aliphatic heterocycles. The molecule has 0 amide bonds. The SMILES string of the molecule is COC(=O)[C@H](C#N)c1nc2ccccc2nc1NC[C@H](c1ccccc1)N1CCCC1. The largest absolute Gasteiger partial charge is 0.468 e. The number of likely N-dealkylation sites (tertiary alicyclic amines) is 1. The molecule has 2 aromatic carbocycles. The molecule has 2 heterocycles. The molecule has 1 N–H and O–H groups in total. The lowest BCUT2D eigenvalue weighted by Gasteiger charge is -2.28. The maximum absolute atomic E-state index is 12.3. The van der Waals surface area contributed by atoms with Crippen molar-refractivity contribution in [1.82, 2.24) is 14.9 Å². The average Bonchev–Trinajstić information content (AvgIpc) is 3.35. The van der Waals surface area contributed by atoms with Crippen molar-refractivity contribution in [2.45, 2.75) is 24.8 Å². The molecular weight excluding hydrogens is 390 g/mol. The molecule has 7 nitrogen and oxygen atoms in total. The summed E-state index contributed by atoms with van der Waals surface area (Å²) in [5, 5.41) is 13.1. The van der Waals surface area contributed by atoms with Crippen LogP contribution in [0.4, 0.5) is 5.82 Å². The van der Waals surface area contributed by atoms with Crippen molar-refractivity contribution in [2.24, 2.45) is 0 Å². The third kappa shape index (κ3) is 4.49. The highest BCUT2D eigenvalue weighted by Gasteiger charge is 2.29. The molecule has 7 heteroatoms. The molecule has 0 bridgehead atoms. The van der Waals surface area contributed by atoms with Gasteiger partial charge in [0.1, 0.15) is 5.69 Å². The van der Waals surface area contributed by atoms with Crippen LogP contribution >= 0.6 is 0 Å². The summed E-state index contributed by atoms with van der Waals surface area (Å²) >= 11 is 0. The van der Waals surface area contributed by atoms with Crippen LogP contribution in [-0.2, 0) is 9.53 Å². The van der Waals surface area contributed by atoms with Gasteiger partial charge in [-0.05, 0) is 43.6 Å². The molecule has 0 radical (unpaired) electrons. The first-order valence-corrected chi connectivity index (χ1v) is 10.5. The molecule has 158 valence electrons. The number of fused-ring (bicyclic) bond motifs is 1. The topological polar surface area (TPSA) is 91.1 Å². The number of para-hydroxylation sites is 2. The minimum Gasteiger partial charge on any atom is -0.468 e.